The summed E-state index contributed by atoms with van der Waals surface area (Å²) in [4.78, 5) is 17.1. The summed E-state index contributed by atoms with van der Waals surface area (Å²) >= 11 is 6.18. The molecule has 1 amide bonds. The lowest BCUT2D eigenvalue weighted by Gasteiger charge is -2.32. The molecule has 5 heteroatoms. The molecule has 3 nitrogen and oxygen atoms in total. The van der Waals surface area contributed by atoms with Crippen molar-refractivity contribution in [1.82, 2.24) is 10.3 Å². The Morgan fingerprint density at radius 3 is 2.70 bits per heavy atom. The first-order chi connectivity index (χ1) is 14.5. The van der Waals surface area contributed by atoms with Crippen LogP contribution in [0.1, 0.15) is 49.7 Å². The number of halogens is 2. The van der Waals surface area contributed by atoms with Crippen molar-refractivity contribution in [1.29, 1.82) is 0 Å². The number of pyridine rings is 1. The molecule has 0 saturated heterocycles. The van der Waals surface area contributed by atoms with E-state index < -0.39 is 0 Å². The van der Waals surface area contributed by atoms with Crippen LogP contribution >= 0.6 is 11.6 Å². The third-order valence-electron chi connectivity index (χ3n) is 6.48. The zero-order valence-electron chi connectivity index (χ0n) is 17.1. The lowest BCUT2D eigenvalue weighted by atomic mass is 9.73. The highest BCUT2D eigenvalue weighted by molar-refractivity contribution is 6.31. The van der Waals surface area contributed by atoms with E-state index in [0.717, 1.165) is 42.1 Å². The van der Waals surface area contributed by atoms with Gasteiger partial charge in [0, 0.05) is 29.1 Å². The molecule has 2 aromatic carbocycles. The molecule has 1 aromatic heterocycles. The molecule has 1 aliphatic carbocycles. The molecule has 1 saturated carbocycles. The average Bonchev–Trinajstić information content (AvgIpc) is 2.77. The van der Waals surface area contributed by atoms with Crippen molar-refractivity contribution >= 4 is 28.4 Å². The zero-order chi connectivity index (χ0) is 21.1. The molecule has 1 unspecified atom stereocenters. The second-order valence-corrected chi connectivity index (χ2v) is 8.68. The Labute approximate surface area is 181 Å². The molecule has 30 heavy (non-hydrogen) atoms. The number of aromatic nitrogens is 1. The van der Waals surface area contributed by atoms with Gasteiger partial charge in [-0.3, -0.25) is 9.78 Å². The number of hydrogen-bond donors (Lipinski definition) is 1. The van der Waals surface area contributed by atoms with Crippen LogP contribution in [0, 0.1) is 17.7 Å². The SMILES string of the molecule is CC(C(=O)NCc1ccccc1Cl)C1CCC(c2ccnc3ccc(F)cc23)CC1. The molecule has 4 rings (SSSR count). The molecule has 1 N–H and O–H groups in total. The lowest BCUT2D eigenvalue weighted by Crippen LogP contribution is -2.34. The summed E-state index contributed by atoms with van der Waals surface area (Å²) < 4.78 is 13.8. The van der Waals surface area contributed by atoms with Crippen molar-refractivity contribution < 1.29 is 9.18 Å². The second kappa shape index (κ2) is 9.13. The van der Waals surface area contributed by atoms with Crippen molar-refractivity contribution in [2.75, 3.05) is 0 Å². The molecule has 1 aliphatic rings. The van der Waals surface area contributed by atoms with Crippen LogP contribution in [0.5, 0.6) is 0 Å². The normalized spacial score (nSPS) is 20.1. The van der Waals surface area contributed by atoms with E-state index in [-0.39, 0.29) is 17.6 Å². The van der Waals surface area contributed by atoms with Gasteiger partial charge in [-0.2, -0.15) is 0 Å². The van der Waals surface area contributed by atoms with E-state index in [4.69, 9.17) is 11.6 Å². The molecule has 1 fully saturated rings. The largest absolute Gasteiger partial charge is 0.352 e. The number of amides is 1. The maximum atomic E-state index is 13.8. The van der Waals surface area contributed by atoms with Crippen molar-refractivity contribution in [3.63, 3.8) is 0 Å². The zero-order valence-corrected chi connectivity index (χ0v) is 17.8. The summed E-state index contributed by atoms with van der Waals surface area (Å²) in [6, 6.07) is 14.4. The fraction of sp³-hybridized carbons (Fsp3) is 0.360. The van der Waals surface area contributed by atoms with Crippen molar-refractivity contribution in [3.8, 4) is 0 Å². The van der Waals surface area contributed by atoms with E-state index in [1.165, 1.54) is 11.6 Å². The minimum absolute atomic E-state index is 0.0416. The number of hydrogen-bond acceptors (Lipinski definition) is 2. The summed E-state index contributed by atoms with van der Waals surface area (Å²) in [6.07, 6.45) is 5.80. The Morgan fingerprint density at radius 2 is 1.93 bits per heavy atom. The summed E-state index contributed by atoms with van der Waals surface area (Å²) in [6.45, 7) is 2.47. The standard InChI is InChI=1S/C25H26ClFN2O/c1-16(25(30)29-15-19-4-2-3-5-23(19)26)17-6-8-18(9-7-17)21-12-13-28-24-11-10-20(27)14-22(21)24/h2-5,10-14,16-18H,6-9,15H2,1H3,(H,29,30). The molecular formula is C25H26ClFN2O. The van der Waals surface area contributed by atoms with Crippen LogP contribution in [0.3, 0.4) is 0 Å². The minimum atomic E-state index is -0.228. The monoisotopic (exact) mass is 424 g/mol. The number of benzene rings is 2. The van der Waals surface area contributed by atoms with Crippen LogP contribution in [0.4, 0.5) is 4.39 Å². The van der Waals surface area contributed by atoms with Gasteiger partial charge in [0.15, 0.2) is 0 Å². The highest BCUT2D eigenvalue weighted by Gasteiger charge is 2.30. The van der Waals surface area contributed by atoms with E-state index >= 15 is 0 Å². The van der Waals surface area contributed by atoms with Crippen molar-refractivity contribution in [3.05, 3.63) is 76.7 Å². The highest BCUT2D eigenvalue weighted by Crippen LogP contribution is 2.40. The van der Waals surface area contributed by atoms with Crippen LogP contribution in [0.15, 0.2) is 54.7 Å². The van der Waals surface area contributed by atoms with E-state index in [1.807, 2.05) is 43.5 Å². The molecular weight excluding hydrogens is 399 g/mol. The molecule has 156 valence electrons. The van der Waals surface area contributed by atoms with Gasteiger partial charge in [0.25, 0.3) is 0 Å². The Hall–Kier alpha value is -2.46. The Kier molecular flexibility index (Phi) is 6.33. The first kappa shape index (κ1) is 20.8. The van der Waals surface area contributed by atoms with E-state index in [0.29, 0.717) is 23.4 Å². The summed E-state index contributed by atoms with van der Waals surface area (Å²) in [5, 5.41) is 4.62. The average molecular weight is 425 g/mol. The fourth-order valence-electron chi connectivity index (χ4n) is 4.63. The van der Waals surface area contributed by atoms with Crippen LogP contribution in [-0.4, -0.2) is 10.9 Å². The van der Waals surface area contributed by atoms with Crippen LogP contribution in [-0.2, 0) is 11.3 Å². The van der Waals surface area contributed by atoms with Gasteiger partial charge >= 0.3 is 0 Å². The van der Waals surface area contributed by atoms with Gasteiger partial charge in [-0.25, -0.2) is 4.39 Å². The lowest BCUT2D eigenvalue weighted by molar-refractivity contribution is -0.126. The minimum Gasteiger partial charge on any atom is -0.352 e. The van der Waals surface area contributed by atoms with Gasteiger partial charge < -0.3 is 5.32 Å². The van der Waals surface area contributed by atoms with Crippen LogP contribution in [0.2, 0.25) is 5.02 Å². The molecule has 1 atom stereocenters. The van der Waals surface area contributed by atoms with Gasteiger partial charge in [0.2, 0.25) is 5.91 Å². The number of fused-ring (bicyclic) bond motifs is 1. The number of nitrogens with one attached hydrogen (secondary N) is 1. The predicted molar refractivity (Wildman–Crippen MR) is 119 cm³/mol. The number of carbonyl (C=O) groups excluding carboxylic acids is 1. The topological polar surface area (TPSA) is 42.0 Å². The van der Waals surface area contributed by atoms with Crippen molar-refractivity contribution in [2.24, 2.45) is 11.8 Å². The third-order valence-corrected chi connectivity index (χ3v) is 6.85. The maximum absolute atomic E-state index is 13.8. The molecule has 3 aromatic rings. The van der Waals surface area contributed by atoms with Crippen LogP contribution in [0.25, 0.3) is 10.9 Å². The van der Waals surface area contributed by atoms with E-state index in [1.54, 1.807) is 12.1 Å². The van der Waals surface area contributed by atoms with Gasteiger partial charge in [-0.1, -0.05) is 36.7 Å². The molecule has 1 heterocycles. The van der Waals surface area contributed by atoms with E-state index in [9.17, 15) is 9.18 Å². The quantitative estimate of drug-likeness (QED) is 0.525. The van der Waals surface area contributed by atoms with Crippen LogP contribution < -0.4 is 5.32 Å². The van der Waals surface area contributed by atoms with Gasteiger partial charge in [-0.15, -0.1) is 0 Å². The summed E-state index contributed by atoms with van der Waals surface area (Å²) in [5.41, 5.74) is 2.94. The summed E-state index contributed by atoms with van der Waals surface area (Å²) in [5.74, 6) is 0.549. The molecule has 0 bridgehead atoms. The molecule has 0 aliphatic heterocycles. The Balaban J connectivity index is 1.37. The Bertz CT molecular complexity index is 1050. The Morgan fingerprint density at radius 1 is 1.17 bits per heavy atom. The van der Waals surface area contributed by atoms with E-state index in [2.05, 4.69) is 10.3 Å². The smallest absolute Gasteiger partial charge is 0.223 e. The number of carbonyl (C=O) groups is 1. The second-order valence-electron chi connectivity index (χ2n) is 8.27. The fourth-order valence-corrected chi connectivity index (χ4v) is 4.83. The third kappa shape index (κ3) is 4.49. The highest BCUT2D eigenvalue weighted by atomic mass is 35.5. The van der Waals surface area contributed by atoms with Crippen molar-refractivity contribution in [2.45, 2.75) is 45.1 Å². The first-order valence-electron chi connectivity index (χ1n) is 10.6. The number of rotatable bonds is 5. The molecule has 0 spiro atoms. The molecule has 0 radical (unpaired) electrons. The predicted octanol–water partition coefficient (Wildman–Crippen LogP) is 6.25. The van der Waals surface area contributed by atoms with Gasteiger partial charge in [-0.05, 0) is 79.0 Å². The maximum Gasteiger partial charge on any atom is 0.223 e. The number of nitrogens with zero attached hydrogens (tertiary/aromatic N) is 1. The summed E-state index contributed by atoms with van der Waals surface area (Å²) in [7, 11) is 0. The van der Waals surface area contributed by atoms with Gasteiger partial charge in [0.1, 0.15) is 5.82 Å². The van der Waals surface area contributed by atoms with Gasteiger partial charge in [0.05, 0.1) is 5.52 Å². The first-order valence-corrected chi connectivity index (χ1v) is 11.0.